The van der Waals surface area contributed by atoms with Gasteiger partial charge in [0.1, 0.15) is 29.9 Å². The maximum absolute atomic E-state index is 14.0. The summed E-state index contributed by atoms with van der Waals surface area (Å²) in [5, 5.41) is 4.75. The van der Waals surface area contributed by atoms with Crippen LogP contribution in [0.2, 0.25) is 0 Å². The molecule has 3 rings (SSSR count). The molecule has 1 aliphatic rings. The number of primary sulfonamides is 1. The fourth-order valence-electron chi connectivity index (χ4n) is 2.63. The van der Waals surface area contributed by atoms with Crippen LogP contribution < -0.4 is 5.14 Å². The van der Waals surface area contributed by atoms with E-state index >= 15 is 0 Å². The molecule has 0 saturated carbocycles. The van der Waals surface area contributed by atoms with E-state index in [1.165, 1.54) is 0 Å². The molecule has 0 fully saturated rings. The van der Waals surface area contributed by atoms with Gasteiger partial charge in [0.05, 0.1) is 5.57 Å². The van der Waals surface area contributed by atoms with Crippen LogP contribution in [-0.4, -0.2) is 21.0 Å². The van der Waals surface area contributed by atoms with E-state index in [0.717, 1.165) is 12.1 Å². The van der Waals surface area contributed by atoms with Gasteiger partial charge in [0.15, 0.2) is 4.90 Å². The van der Waals surface area contributed by atoms with Crippen molar-refractivity contribution in [2.75, 3.05) is 6.61 Å². The maximum atomic E-state index is 14.0. The van der Waals surface area contributed by atoms with Gasteiger partial charge < -0.3 is 4.74 Å². The summed E-state index contributed by atoms with van der Waals surface area (Å²) in [5.74, 6) is -5.82. The molecule has 0 saturated heterocycles. The van der Waals surface area contributed by atoms with Gasteiger partial charge in [0.25, 0.3) is 0 Å². The SMILES string of the molecule is NS(=O)(=O)c1c(F)cc(C2=C(c3cc(F)cc(F)c3)C(=O)OC2)cc1F. The van der Waals surface area contributed by atoms with Crippen molar-refractivity contribution >= 4 is 27.1 Å². The first-order valence-corrected chi connectivity index (χ1v) is 8.51. The Morgan fingerprint density at radius 3 is 1.92 bits per heavy atom. The Labute approximate surface area is 144 Å². The van der Waals surface area contributed by atoms with Crippen LogP contribution in [0.3, 0.4) is 0 Å². The monoisotopic (exact) mass is 387 g/mol. The topological polar surface area (TPSA) is 86.5 Å². The highest BCUT2D eigenvalue weighted by Crippen LogP contribution is 2.35. The second-order valence-electron chi connectivity index (χ2n) is 5.40. The lowest BCUT2D eigenvalue weighted by Gasteiger charge is -2.08. The van der Waals surface area contributed by atoms with Crippen molar-refractivity contribution in [2.45, 2.75) is 4.90 Å². The summed E-state index contributed by atoms with van der Waals surface area (Å²) < 4.78 is 82.3. The number of ether oxygens (including phenoxy) is 1. The minimum Gasteiger partial charge on any atom is -0.457 e. The number of esters is 1. The molecule has 26 heavy (non-hydrogen) atoms. The lowest BCUT2D eigenvalue weighted by atomic mass is 9.96. The quantitative estimate of drug-likeness (QED) is 0.647. The van der Waals surface area contributed by atoms with E-state index in [1.807, 2.05) is 0 Å². The van der Waals surface area contributed by atoms with E-state index < -0.39 is 50.8 Å². The number of nitrogens with two attached hydrogens (primary N) is 1. The zero-order valence-electron chi connectivity index (χ0n) is 12.7. The van der Waals surface area contributed by atoms with Crippen LogP contribution in [0.5, 0.6) is 0 Å². The van der Waals surface area contributed by atoms with Crippen LogP contribution in [0.15, 0.2) is 35.2 Å². The highest BCUT2D eigenvalue weighted by molar-refractivity contribution is 7.89. The summed E-state index contributed by atoms with van der Waals surface area (Å²) in [5.41, 5.74) is -0.751. The molecule has 10 heteroatoms. The van der Waals surface area contributed by atoms with E-state index in [-0.39, 0.29) is 22.3 Å². The summed E-state index contributed by atoms with van der Waals surface area (Å²) in [6.45, 7) is -0.417. The number of benzene rings is 2. The number of carbonyl (C=O) groups is 1. The highest BCUT2D eigenvalue weighted by atomic mass is 32.2. The molecule has 1 aliphatic heterocycles. The summed E-state index contributed by atoms with van der Waals surface area (Å²) in [7, 11) is -4.66. The third-order valence-corrected chi connectivity index (χ3v) is 4.60. The third kappa shape index (κ3) is 3.20. The summed E-state index contributed by atoms with van der Waals surface area (Å²) in [4.78, 5) is 10.6. The van der Waals surface area contributed by atoms with E-state index in [0.29, 0.717) is 18.2 Å². The molecule has 0 atom stereocenters. The molecule has 2 aromatic rings. The normalized spacial score (nSPS) is 14.7. The van der Waals surface area contributed by atoms with Crippen molar-refractivity contribution < 1.29 is 35.5 Å². The van der Waals surface area contributed by atoms with Gasteiger partial charge >= 0.3 is 5.97 Å². The highest BCUT2D eigenvalue weighted by Gasteiger charge is 2.30. The number of halogens is 4. The van der Waals surface area contributed by atoms with Crippen LogP contribution in [0.25, 0.3) is 11.1 Å². The average molecular weight is 387 g/mol. The van der Waals surface area contributed by atoms with E-state index in [9.17, 15) is 30.8 Å². The van der Waals surface area contributed by atoms with Crippen LogP contribution in [0.4, 0.5) is 17.6 Å². The van der Waals surface area contributed by atoms with Gasteiger partial charge in [0, 0.05) is 11.6 Å². The summed E-state index contributed by atoms with van der Waals surface area (Å²) >= 11 is 0. The van der Waals surface area contributed by atoms with Gasteiger partial charge in [-0.05, 0) is 35.4 Å². The van der Waals surface area contributed by atoms with Crippen molar-refractivity contribution in [3.8, 4) is 0 Å². The van der Waals surface area contributed by atoms with Crippen LogP contribution in [-0.2, 0) is 19.6 Å². The fraction of sp³-hybridized carbons (Fsp3) is 0.0625. The molecule has 1 heterocycles. The largest absolute Gasteiger partial charge is 0.457 e. The van der Waals surface area contributed by atoms with Crippen molar-refractivity contribution in [3.63, 3.8) is 0 Å². The molecule has 0 bridgehead atoms. The Kier molecular flexibility index (Phi) is 4.32. The Morgan fingerprint density at radius 1 is 0.885 bits per heavy atom. The smallest absolute Gasteiger partial charge is 0.339 e. The molecule has 0 radical (unpaired) electrons. The molecule has 0 unspecified atom stereocenters. The zero-order valence-corrected chi connectivity index (χ0v) is 13.5. The van der Waals surface area contributed by atoms with Gasteiger partial charge in [-0.2, -0.15) is 0 Å². The predicted molar refractivity (Wildman–Crippen MR) is 81.9 cm³/mol. The minimum absolute atomic E-state index is 0.0567. The molecule has 0 aliphatic carbocycles. The van der Waals surface area contributed by atoms with Crippen molar-refractivity contribution in [2.24, 2.45) is 5.14 Å². The molecular weight excluding hydrogens is 378 g/mol. The van der Waals surface area contributed by atoms with Gasteiger partial charge in [-0.3, -0.25) is 0 Å². The van der Waals surface area contributed by atoms with Gasteiger partial charge in [-0.15, -0.1) is 0 Å². The molecule has 2 N–H and O–H groups in total. The first-order chi connectivity index (χ1) is 12.1. The van der Waals surface area contributed by atoms with Crippen LogP contribution in [0, 0.1) is 23.3 Å². The number of hydrogen-bond acceptors (Lipinski definition) is 4. The third-order valence-electron chi connectivity index (χ3n) is 3.64. The molecule has 0 aromatic heterocycles. The van der Waals surface area contributed by atoms with Gasteiger partial charge in [-0.25, -0.2) is 35.9 Å². The molecule has 2 aromatic carbocycles. The van der Waals surface area contributed by atoms with Crippen LogP contribution in [0.1, 0.15) is 11.1 Å². The minimum atomic E-state index is -4.66. The van der Waals surface area contributed by atoms with E-state index in [1.54, 1.807) is 0 Å². The fourth-order valence-corrected chi connectivity index (χ4v) is 3.29. The number of rotatable bonds is 3. The maximum Gasteiger partial charge on any atom is 0.339 e. The standard InChI is InChI=1S/C16H9F4NO4S/c17-9-1-8(2-10(18)5-9)14-11(6-25-16(14)22)7-3-12(19)15(13(20)4-7)26(21,23)24/h1-5H,6H2,(H2,21,23,24). The first-order valence-electron chi connectivity index (χ1n) is 6.97. The first kappa shape index (κ1) is 18.1. The second kappa shape index (κ2) is 6.22. The number of cyclic esters (lactones) is 1. The molecule has 5 nitrogen and oxygen atoms in total. The Hall–Kier alpha value is -2.72. The molecule has 0 spiro atoms. The number of sulfonamides is 1. The van der Waals surface area contributed by atoms with E-state index in [2.05, 4.69) is 0 Å². The van der Waals surface area contributed by atoms with Crippen molar-refractivity contribution in [3.05, 3.63) is 64.7 Å². The van der Waals surface area contributed by atoms with Crippen molar-refractivity contribution in [1.82, 2.24) is 0 Å². The lowest BCUT2D eigenvalue weighted by Crippen LogP contribution is -2.16. The summed E-state index contributed by atoms with van der Waals surface area (Å²) in [6, 6.07) is 3.60. The Morgan fingerprint density at radius 2 is 1.42 bits per heavy atom. The Bertz CT molecular complexity index is 1040. The molecule has 136 valence electrons. The lowest BCUT2D eigenvalue weighted by molar-refractivity contribution is -0.133. The average Bonchev–Trinajstić information content (AvgIpc) is 2.85. The zero-order chi connectivity index (χ0) is 19.2. The van der Waals surface area contributed by atoms with E-state index in [4.69, 9.17) is 9.88 Å². The molecule has 0 amide bonds. The number of hydrogen-bond donors (Lipinski definition) is 1. The predicted octanol–water partition coefficient (Wildman–Crippen LogP) is 2.36. The Balaban J connectivity index is 2.24. The second-order valence-corrected chi connectivity index (χ2v) is 6.90. The number of carbonyl (C=O) groups excluding carboxylic acids is 1. The van der Waals surface area contributed by atoms with Crippen molar-refractivity contribution in [1.29, 1.82) is 0 Å². The molecular formula is C16H9F4NO4S. The van der Waals surface area contributed by atoms with Gasteiger partial charge in [0.2, 0.25) is 10.0 Å². The summed E-state index contributed by atoms with van der Waals surface area (Å²) in [6.07, 6.45) is 0. The van der Waals surface area contributed by atoms with Gasteiger partial charge in [-0.1, -0.05) is 0 Å². The van der Waals surface area contributed by atoms with Crippen LogP contribution >= 0.6 is 0 Å².